The molecular weight excluding hydrogens is 499 g/mol. The molecule has 0 N–H and O–H groups in total. The second kappa shape index (κ2) is 13.0. The van der Waals surface area contributed by atoms with Crippen molar-refractivity contribution in [3.63, 3.8) is 0 Å². The second-order valence-corrected chi connectivity index (χ2v) is 8.77. The third kappa shape index (κ3) is 10.5. The average Bonchev–Trinajstić information content (AvgIpc) is 2.51. The molecule has 140 valence electrons. The van der Waals surface area contributed by atoms with Crippen LogP contribution in [0.2, 0.25) is 10.0 Å². The lowest BCUT2D eigenvalue weighted by Gasteiger charge is -2.12. The van der Waals surface area contributed by atoms with Crippen LogP contribution in [0.15, 0.2) is 21.6 Å². The first-order valence-corrected chi connectivity index (χ1v) is 10.1. The summed E-state index contributed by atoms with van der Waals surface area (Å²) < 4.78 is 17.2. The molecular formula is C17H20Br2Cl2O4. The van der Waals surface area contributed by atoms with Crippen LogP contribution in [0.25, 0.3) is 0 Å². The molecule has 0 radical (unpaired) electrons. The van der Waals surface area contributed by atoms with Gasteiger partial charge in [0.1, 0.15) is 19.0 Å². The first-order chi connectivity index (χ1) is 11.9. The first kappa shape index (κ1) is 22.8. The summed E-state index contributed by atoms with van der Waals surface area (Å²) in [6.45, 7) is 3.15. The van der Waals surface area contributed by atoms with Crippen molar-refractivity contribution < 1.29 is 19.0 Å². The van der Waals surface area contributed by atoms with Crippen LogP contribution < -0.4 is 9.47 Å². The molecule has 0 aliphatic heterocycles. The SMILES string of the molecule is CC(=O)COCCCCCOc1c(Cl)cc(OCC=C(Br)Br)cc1Cl. The summed E-state index contributed by atoms with van der Waals surface area (Å²) in [5.74, 6) is 1.07. The normalized spacial score (nSPS) is 10.4. The van der Waals surface area contributed by atoms with Crippen molar-refractivity contribution in [3.8, 4) is 11.5 Å². The van der Waals surface area contributed by atoms with Crippen LogP contribution in [0.1, 0.15) is 26.2 Å². The summed E-state index contributed by atoms with van der Waals surface area (Å²) in [6.07, 6.45) is 4.47. The lowest BCUT2D eigenvalue weighted by Crippen LogP contribution is -2.05. The van der Waals surface area contributed by atoms with Gasteiger partial charge in [-0.1, -0.05) is 23.2 Å². The highest BCUT2D eigenvalue weighted by atomic mass is 79.9. The van der Waals surface area contributed by atoms with Gasteiger partial charge in [-0.3, -0.25) is 4.79 Å². The van der Waals surface area contributed by atoms with Gasteiger partial charge in [0, 0.05) is 18.7 Å². The molecule has 0 fully saturated rings. The van der Waals surface area contributed by atoms with E-state index in [2.05, 4.69) is 31.9 Å². The van der Waals surface area contributed by atoms with Gasteiger partial charge in [0.15, 0.2) is 11.5 Å². The van der Waals surface area contributed by atoms with Gasteiger partial charge in [0.05, 0.1) is 20.0 Å². The predicted octanol–water partition coefficient (Wildman–Crippen LogP) is 6.16. The maximum Gasteiger partial charge on any atom is 0.156 e. The maximum absolute atomic E-state index is 10.7. The summed E-state index contributed by atoms with van der Waals surface area (Å²) in [6, 6.07) is 3.35. The fourth-order valence-corrected chi connectivity index (χ4v) is 2.67. The Morgan fingerprint density at radius 3 is 2.32 bits per heavy atom. The lowest BCUT2D eigenvalue weighted by atomic mass is 10.2. The number of hydrogen-bond donors (Lipinski definition) is 0. The molecule has 1 rings (SSSR count). The number of hydrogen-bond acceptors (Lipinski definition) is 4. The van der Waals surface area contributed by atoms with Crippen molar-refractivity contribution in [1.29, 1.82) is 0 Å². The topological polar surface area (TPSA) is 44.8 Å². The highest BCUT2D eigenvalue weighted by Gasteiger charge is 2.10. The summed E-state index contributed by atoms with van der Waals surface area (Å²) in [5, 5.41) is 0.823. The average molecular weight is 519 g/mol. The van der Waals surface area contributed by atoms with Crippen LogP contribution in [0, 0.1) is 0 Å². The van der Waals surface area contributed by atoms with Gasteiger partial charge < -0.3 is 14.2 Å². The molecule has 0 amide bonds. The second-order valence-electron chi connectivity index (χ2n) is 5.18. The van der Waals surface area contributed by atoms with E-state index in [1.165, 1.54) is 6.92 Å². The van der Waals surface area contributed by atoms with Crippen molar-refractivity contribution in [2.24, 2.45) is 0 Å². The van der Waals surface area contributed by atoms with E-state index in [9.17, 15) is 4.79 Å². The number of Topliss-reactive ketones (excluding diaryl/α,β-unsaturated/α-hetero) is 1. The van der Waals surface area contributed by atoms with Gasteiger partial charge in [-0.25, -0.2) is 0 Å². The number of ether oxygens (including phenoxy) is 3. The Balaban J connectivity index is 2.34. The molecule has 4 nitrogen and oxygen atoms in total. The van der Waals surface area contributed by atoms with Gasteiger partial charge in [-0.2, -0.15) is 0 Å². The van der Waals surface area contributed by atoms with Crippen LogP contribution >= 0.6 is 55.1 Å². The third-order valence-electron chi connectivity index (χ3n) is 2.94. The molecule has 0 saturated carbocycles. The summed E-state index contributed by atoms with van der Waals surface area (Å²) in [5.41, 5.74) is 0. The lowest BCUT2D eigenvalue weighted by molar-refractivity contribution is -0.121. The number of halogens is 4. The van der Waals surface area contributed by atoms with Crippen molar-refractivity contribution in [1.82, 2.24) is 0 Å². The molecule has 0 bridgehead atoms. The number of carbonyl (C=O) groups is 1. The Kier molecular flexibility index (Phi) is 11.8. The zero-order valence-electron chi connectivity index (χ0n) is 13.8. The van der Waals surface area contributed by atoms with Crippen LogP contribution in [-0.4, -0.2) is 32.2 Å². The van der Waals surface area contributed by atoms with E-state index in [1.807, 2.05) is 6.08 Å². The fraction of sp³-hybridized carbons (Fsp3) is 0.471. The van der Waals surface area contributed by atoms with E-state index >= 15 is 0 Å². The number of benzene rings is 1. The Hall–Kier alpha value is -0.270. The van der Waals surface area contributed by atoms with E-state index in [4.69, 9.17) is 37.4 Å². The van der Waals surface area contributed by atoms with Gasteiger partial charge in [-0.15, -0.1) is 0 Å². The van der Waals surface area contributed by atoms with Crippen LogP contribution in [-0.2, 0) is 9.53 Å². The highest BCUT2D eigenvalue weighted by Crippen LogP contribution is 2.37. The van der Waals surface area contributed by atoms with E-state index in [0.29, 0.717) is 41.4 Å². The molecule has 0 heterocycles. The zero-order chi connectivity index (χ0) is 18.7. The molecule has 0 aromatic heterocycles. The number of carbonyl (C=O) groups excluding carboxylic acids is 1. The van der Waals surface area contributed by atoms with E-state index < -0.39 is 0 Å². The van der Waals surface area contributed by atoms with E-state index in [-0.39, 0.29) is 12.4 Å². The molecule has 0 unspecified atom stereocenters. The molecule has 0 aliphatic rings. The minimum Gasteiger partial charge on any atom is -0.490 e. The summed E-state index contributed by atoms with van der Waals surface area (Å²) in [7, 11) is 0. The Bertz CT molecular complexity index is 567. The first-order valence-electron chi connectivity index (χ1n) is 7.73. The van der Waals surface area contributed by atoms with E-state index in [1.54, 1.807) is 12.1 Å². The molecule has 0 saturated heterocycles. The molecule has 25 heavy (non-hydrogen) atoms. The molecule has 0 atom stereocenters. The Morgan fingerprint density at radius 1 is 1.08 bits per heavy atom. The van der Waals surface area contributed by atoms with Crippen LogP contribution in [0.3, 0.4) is 0 Å². The Labute approximate surface area is 175 Å². The van der Waals surface area contributed by atoms with Gasteiger partial charge in [-0.05, 0) is 64.1 Å². The van der Waals surface area contributed by atoms with Gasteiger partial charge in [0.2, 0.25) is 0 Å². The minimum atomic E-state index is 0.0379. The van der Waals surface area contributed by atoms with Crippen molar-refractivity contribution in [2.45, 2.75) is 26.2 Å². The van der Waals surface area contributed by atoms with Gasteiger partial charge in [0.25, 0.3) is 0 Å². The molecule has 8 heteroatoms. The number of rotatable bonds is 12. The fourth-order valence-electron chi connectivity index (χ4n) is 1.83. The van der Waals surface area contributed by atoms with Gasteiger partial charge >= 0.3 is 0 Å². The summed E-state index contributed by atoms with van der Waals surface area (Å²) >= 11 is 18.9. The highest BCUT2D eigenvalue weighted by molar-refractivity contribution is 9.28. The van der Waals surface area contributed by atoms with Crippen molar-refractivity contribution >= 4 is 60.8 Å². The molecule has 0 spiro atoms. The quantitative estimate of drug-likeness (QED) is 0.311. The third-order valence-corrected chi connectivity index (χ3v) is 4.15. The van der Waals surface area contributed by atoms with E-state index in [0.717, 1.165) is 22.7 Å². The van der Waals surface area contributed by atoms with Crippen LogP contribution in [0.4, 0.5) is 0 Å². The summed E-state index contributed by atoms with van der Waals surface area (Å²) in [4.78, 5) is 10.7. The Morgan fingerprint density at radius 2 is 1.72 bits per heavy atom. The van der Waals surface area contributed by atoms with Crippen LogP contribution in [0.5, 0.6) is 11.5 Å². The predicted molar refractivity (Wildman–Crippen MR) is 109 cm³/mol. The minimum absolute atomic E-state index is 0.0379. The number of ketones is 1. The molecule has 1 aromatic carbocycles. The molecule has 1 aromatic rings. The number of unbranched alkanes of at least 4 members (excludes halogenated alkanes) is 2. The van der Waals surface area contributed by atoms with Crippen molar-refractivity contribution in [3.05, 3.63) is 31.6 Å². The van der Waals surface area contributed by atoms with Crippen molar-refractivity contribution in [2.75, 3.05) is 26.4 Å². The largest absolute Gasteiger partial charge is 0.490 e. The maximum atomic E-state index is 10.7. The molecule has 0 aliphatic carbocycles. The smallest absolute Gasteiger partial charge is 0.156 e. The standard InChI is InChI=1S/C17H20Br2Cl2O4/c1-12(22)11-23-6-3-2-4-7-25-17-14(20)9-13(10-15(17)21)24-8-5-16(18)19/h5,9-10H,2-4,6-8,11H2,1H3. The zero-order valence-corrected chi connectivity index (χ0v) is 18.5. The monoisotopic (exact) mass is 516 g/mol.